The van der Waals surface area contributed by atoms with Gasteiger partial charge in [-0.2, -0.15) is 8.78 Å². The number of halogens is 2. The van der Waals surface area contributed by atoms with E-state index in [0.29, 0.717) is 27.9 Å². The Hall–Kier alpha value is -2.21. The highest BCUT2D eigenvalue weighted by molar-refractivity contribution is 7.99. The highest BCUT2D eigenvalue weighted by Crippen LogP contribution is 2.31. The van der Waals surface area contributed by atoms with Crippen LogP contribution in [0.15, 0.2) is 59.5 Å². The standard InChI is InChI=1S/C17H15F2NO2S/c18-17(19)23-15-9-5-4-8-13(15)20-16(22)11-10-14(21)12-6-2-1-3-7-12/h1-9,17H,10-11H2,(H,20,22). The Morgan fingerprint density at radius 1 is 0.957 bits per heavy atom. The van der Waals surface area contributed by atoms with Crippen molar-refractivity contribution in [3.63, 3.8) is 0 Å². The minimum atomic E-state index is -2.56. The quantitative estimate of drug-likeness (QED) is 0.594. The maximum Gasteiger partial charge on any atom is 0.288 e. The molecule has 0 aromatic heterocycles. The third-order valence-electron chi connectivity index (χ3n) is 3.05. The summed E-state index contributed by atoms with van der Waals surface area (Å²) in [5.74, 6) is -3.07. The third-order valence-corrected chi connectivity index (χ3v) is 3.84. The predicted molar refractivity (Wildman–Crippen MR) is 86.9 cm³/mol. The second-order valence-electron chi connectivity index (χ2n) is 4.71. The number of carbonyl (C=O) groups is 2. The minimum absolute atomic E-state index is 0.00140. The van der Waals surface area contributed by atoms with Gasteiger partial charge in [0.2, 0.25) is 5.91 Å². The molecule has 0 aliphatic heterocycles. The molecule has 6 heteroatoms. The van der Waals surface area contributed by atoms with Crippen LogP contribution >= 0.6 is 11.8 Å². The molecule has 2 aromatic rings. The monoisotopic (exact) mass is 335 g/mol. The van der Waals surface area contributed by atoms with Gasteiger partial charge in [-0.25, -0.2) is 0 Å². The molecule has 23 heavy (non-hydrogen) atoms. The first kappa shape index (κ1) is 17.1. The van der Waals surface area contributed by atoms with Crippen molar-refractivity contribution in [2.45, 2.75) is 23.5 Å². The van der Waals surface area contributed by atoms with Gasteiger partial charge in [0, 0.05) is 23.3 Å². The van der Waals surface area contributed by atoms with Crippen molar-refractivity contribution >= 4 is 29.1 Å². The molecule has 0 radical (unpaired) electrons. The van der Waals surface area contributed by atoms with Crippen LogP contribution in [0.25, 0.3) is 0 Å². The maximum atomic E-state index is 12.5. The average Bonchev–Trinajstić information content (AvgIpc) is 2.55. The fourth-order valence-corrected chi connectivity index (χ4v) is 2.57. The van der Waals surface area contributed by atoms with E-state index in [0.717, 1.165) is 0 Å². The Morgan fingerprint density at radius 2 is 1.61 bits per heavy atom. The van der Waals surface area contributed by atoms with Gasteiger partial charge in [-0.3, -0.25) is 9.59 Å². The highest BCUT2D eigenvalue weighted by Gasteiger charge is 2.13. The highest BCUT2D eigenvalue weighted by atomic mass is 32.2. The first-order chi connectivity index (χ1) is 11.1. The van der Waals surface area contributed by atoms with E-state index in [1.807, 2.05) is 0 Å². The summed E-state index contributed by atoms with van der Waals surface area (Å²) < 4.78 is 25.0. The van der Waals surface area contributed by atoms with E-state index < -0.39 is 5.76 Å². The Morgan fingerprint density at radius 3 is 2.30 bits per heavy atom. The number of anilines is 1. The number of amides is 1. The molecule has 2 aromatic carbocycles. The molecular weight excluding hydrogens is 320 g/mol. The number of ketones is 1. The topological polar surface area (TPSA) is 46.2 Å². The number of hydrogen-bond acceptors (Lipinski definition) is 3. The van der Waals surface area contributed by atoms with E-state index in [1.54, 1.807) is 48.5 Å². The zero-order valence-corrected chi connectivity index (χ0v) is 13.0. The summed E-state index contributed by atoms with van der Waals surface area (Å²) in [4.78, 5) is 24.2. The third kappa shape index (κ3) is 5.49. The molecule has 0 aliphatic carbocycles. The fourth-order valence-electron chi connectivity index (χ4n) is 1.98. The molecule has 0 unspecified atom stereocenters. The van der Waals surface area contributed by atoms with Crippen molar-refractivity contribution in [1.82, 2.24) is 0 Å². The zero-order valence-electron chi connectivity index (χ0n) is 12.2. The molecule has 0 fully saturated rings. The number of carbonyl (C=O) groups excluding carboxylic acids is 2. The zero-order chi connectivity index (χ0) is 16.7. The number of hydrogen-bond donors (Lipinski definition) is 1. The van der Waals surface area contributed by atoms with Crippen molar-refractivity contribution in [2.75, 3.05) is 5.32 Å². The van der Waals surface area contributed by atoms with Gasteiger partial charge < -0.3 is 5.32 Å². The van der Waals surface area contributed by atoms with Crippen LogP contribution in [0.4, 0.5) is 14.5 Å². The predicted octanol–water partition coefficient (Wildman–Crippen LogP) is 4.60. The Bertz CT molecular complexity index is 677. The van der Waals surface area contributed by atoms with Crippen LogP contribution in [-0.4, -0.2) is 17.4 Å². The van der Waals surface area contributed by atoms with Crippen LogP contribution in [0.3, 0.4) is 0 Å². The number of nitrogens with one attached hydrogen (secondary N) is 1. The molecule has 1 N–H and O–H groups in total. The number of para-hydroxylation sites is 1. The largest absolute Gasteiger partial charge is 0.325 e. The van der Waals surface area contributed by atoms with Crippen LogP contribution in [0.2, 0.25) is 0 Å². The molecular formula is C17H15F2NO2S. The number of thioether (sulfide) groups is 1. The summed E-state index contributed by atoms with van der Waals surface area (Å²) in [6.45, 7) is 0. The molecule has 0 saturated carbocycles. The molecule has 3 nitrogen and oxygen atoms in total. The number of alkyl halides is 2. The van der Waals surface area contributed by atoms with Crippen molar-refractivity contribution < 1.29 is 18.4 Å². The first-order valence-corrected chi connectivity index (χ1v) is 7.86. The molecule has 0 heterocycles. The summed E-state index contributed by atoms with van der Waals surface area (Å²) in [5, 5.41) is 2.58. The van der Waals surface area contributed by atoms with Gasteiger partial charge in [0.05, 0.1) is 5.69 Å². The van der Waals surface area contributed by atoms with Crippen LogP contribution in [-0.2, 0) is 4.79 Å². The van der Waals surface area contributed by atoms with Crippen LogP contribution in [0.5, 0.6) is 0 Å². The lowest BCUT2D eigenvalue weighted by molar-refractivity contribution is -0.116. The van der Waals surface area contributed by atoms with Crippen LogP contribution < -0.4 is 5.32 Å². The van der Waals surface area contributed by atoms with Crippen molar-refractivity contribution in [1.29, 1.82) is 0 Å². The number of rotatable bonds is 7. The molecule has 0 aliphatic rings. The van der Waals surface area contributed by atoms with Gasteiger partial charge in [-0.05, 0) is 12.1 Å². The molecule has 0 spiro atoms. The Kier molecular flexibility index (Phi) is 6.29. The van der Waals surface area contributed by atoms with Gasteiger partial charge >= 0.3 is 0 Å². The summed E-state index contributed by atoms with van der Waals surface area (Å²) in [7, 11) is 0. The van der Waals surface area contributed by atoms with Crippen molar-refractivity contribution in [2.24, 2.45) is 0 Å². The lowest BCUT2D eigenvalue weighted by Gasteiger charge is -2.10. The fraction of sp³-hybridized carbons (Fsp3) is 0.176. The Labute approximate surface area is 137 Å². The van der Waals surface area contributed by atoms with E-state index in [4.69, 9.17) is 0 Å². The molecule has 0 atom stereocenters. The van der Waals surface area contributed by atoms with Gasteiger partial charge in [-0.1, -0.05) is 54.2 Å². The lowest BCUT2D eigenvalue weighted by Crippen LogP contribution is -2.14. The number of benzene rings is 2. The summed E-state index contributed by atoms with van der Waals surface area (Å²) in [5.41, 5.74) is 0.879. The molecule has 0 bridgehead atoms. The van der Waals surface area contributed by atoms with E-state index in [1.165, 1.54) is 6.07 Å². The SMILES string of the molecule is O=C(CCC(=O)c1ccccc1)Nc1ccccc1SC(F)F. The van der Waals surface area contributed by atoms with Gasteiger partial charge in [0.15, 0.2) is 5.78 Å². The molecule has 2 rings (SSSR count). The molecule has 1 amide bonds. The van der Waals surface area contributed by atoms with Crippen LogP contribution in [0, 0.1) is 0 Å². The van der Waals surface area contributed by atoms with Crippen LogP contribution in [0.1, 0.15) is 23.2 Å². The van der Waals surface area contributed by atoms with Crippen molar-refractivity contribution in [3.05, 3.63) is 60.2 Å². The normalized spacial score (nSPS) is 10.6. The second-order valence-corrected chi connectivity index (χ2v) is 5.74. The smallest absolute Gasteiger partial charge is 0.288 e. The van der Waals surface area contributed by atoms with E-state index >= 15 is 0 Å². The summed E-state index contributed by atoms with van der Waals surface area (Å²) >= 11 is 0.373. The summed E-state index contributed by atoms with van der Waals surface area (Å²) in [6, 6.07) is 15.0. The minimum Gasteiger partial charge on any atom is -0.325 e. The van der Waals surface area contributed by atoms with E-state index in [-0.39, 0.29) is 24.5 Å². The molecule has 0 saturated heterocycles. The Balaban J connectivity index is 1.91. The van der Waals surface area contributed by atoms with E-state index in [2.05, 4.69) is 5.32 Å². The molecule has 120 valence electrons. The van der Waals surface area contributed by atoms with E-state index in [9.17, 15) is 18.4 Å². The lowest BCUT2D eigenvalue weighted by atomic mass is 10.1. The van der Waals surface area contributed by atoms with Gasteiger partial charge in [-0.15, -0.1) is 0 Å². The second kappa shape index (κ2) is 8.43. The number of Topliss-reactive ketones (excluding diaryl/α,β-unsaturated/α-hetero) is 1. The van der Waals surface area contributed by atoms with Gasteiger partial charge in [0.1, 0.15) is 0 Å². The average molecular weight is 335 g/mol. The van der Waals surface area contributed by atoms with Gasteiger partial charge in [0.25, 0.3) is 5.76 Å². The summed E-state index contributed by atoms with van der Waals surface area (Å²) in [6.07, 6.45) is 0.0708. The maximum absolute atomic E-state index is 12.5. The van der Waals surface area contributed by atoms with Crippen molar-refractivity contribution in [3.8, 4) is 0 Å². The first-order valence-electron chi connectivity index (χ1n) is 6.98.